The van der Waals surface area contributed by atoms with E-state index >= 15 is 0 Å². The molecule has 0 saturated carbocycles. The van der Waals surface area contributed by atoms with Crippen molar-refractivity contribution in [3.8, 4) is 10.8 Å². The number of halogens is 1. The minimum atomic E-state index is -0.0526. The number of thiophene rings is 1. The number of amides is 1. The minimum absolute atomic E-state index is 0.0526. The highest BCUT2D eigenvalue weighted by Crippen LogP contribution is 2.23. The highest BCUT2D eigenvalue weighted by atomic mass is 35.5. The first kappa shape index (κ1) is 19.5. The van der Waals surface area contributed by atoms with E-state index in [1.54, 1.807) is 23.5 Å². The lowest BCUT2D eigenvalue weighted by Gasteiger charge is -2.19. The molecule has 1 aromatic carbocycles. The van der Waals surface area contributed by atoms with Crippen molar-refractivity contribution in [2.24, 2.45) is 0 Å². The van der Waals surface area contributed by atoms with Crippen LogP contribution in [-0.2, 0) is 11.3 Å². The van der Waals surface area contributed by atoms with Gasteiger partial charge >= 0.3 is 0 Å². The Morgan fingerprint density at radius 2 is 2.15 bits per heavy atom. The SMILES string of the molecule is CCCN(CCC(=O)Nc1cccc(Cl)c1)Cc1nnc(-c2cccs2)o1. The van der Waals surface area contributed by atoms with Gasteiger partial charge in [0, 0.05) is 23.7 Å². The molecule has 0 fully saturated rings. The van der Waals surface area contributed by atoms with Gasteiger partial charge < -0.3 is 9.73 Å². The second kappa shape index (κ2) is 9.64. The molecule has 6 nitrogen and oxygen atoms in total. The van der Waals surface area contributed by atoms with Gasteiger partial charge in [-0.15, -0.1) is 21.5 Å². The molecule has 3 aromatic rings. The summed E-state index contributed by atoms with van der Waals surface area (Å²) in [6, 6.07) is 11.0. The summed E-state index contributed by atoms with van der Waals surface area (Å²) in [5.41, 5.74) is 0.701. The molecule has 0 unspecified atom stereocenters. The molecule has 0 radical (unpaired) electrons. The molecular formula is C19H21ClN4O2S. The molecule has 0 bridgehead atoms. The van der Waals surface area contributed by atoms with Crippen LogP contribution in [0.1, 0.15) is 25.7 Å². The van der Waals surface area contributed by atoms with Crippen molar-refractivity contribution < 1.29 is 9.21 Å². The summed E-state index contributed by atoms with van der Waals surface area (Å²) < 4.78 is 5.75. The zero-order chi connectivity index (χ0) is 19.1. The first-order valence-electron chi connectivity index (χ1n) is 8.78. The van der Waals surface area contributed by atoms with Crippen LogP contribution >= 0.6 is 22.9 Å². The zero-order valence-electron chi connectivity index (χ0n) is 15.0. The van der Waals surface area contributed by atoms with Crippen LogP contribution in [0.5, 0.6) is 0 Å². The molecule has 2 aromatic heterocycles. The molecule has 0 spiro atoms. The van der Waals surface area contributed by atoms with Crippen molar-refractivity contribution in [3.63, 3.8) is 0 Å². The van der Waals surface area contributed by atoms with Gasteiger partial charge in [-0.3, -0.25) is 9.69 Å². The number of nitrogens with one attached hydrogen (secondary N) is 1. The molecular weight excluding hydrogens is 384 g/mol. The molecule has 0 aliphatic heterocycles. The number of carbonyl (C=O) groups is 1. The summed E-state index contributed by atoms with van der Waals surface area (Å²) in [5.74, 6) is 1.04. The van der Waals surface area contributed by atoms with Crippen molar-refractivity contribution in [3.05, 3.63) is 52.7 Å². The van der Waals surface area contributed by atoms with E-state index in [1.807, 2.05) is 29.6 Å². The van der Waals surface area contributed by atoms with E-state index in [2.05, 4.69) is 27.3 Å². The van der Waals surface area contributed by atoms with Crippen LogP contribution in [0.15, 0.2) is 46.2 Å². The van der Waals surface area contributed by atoms with E-state index in [1.165, 1.54) is 0 Å². The number of hydrogen-bond acceptors (Lipinski definition) is 6. The minimum Gasteiger partial charge on any atom is -0.419 e. The maximum Gasteiger partial charge on any atom is 0.257 e. The summed E-state index contributed by atoms with van der Waals surface area (Å²) in [7, 11) is 0. The van der Waals surface area contributed by atoms with Crippen LogP contribution in [-0.4, -0.2) is 34.1 Å². The Morgan fingerprint density at radius 1 is 1.26 bits per heavy atom. The van der Waals surface area contributed by atoms with E-state index in [-0.39, 0.29) is 5.91 Å². The molecule has 0 atom stereocenters. The van der Waals surface area contributed by atoms with Crippen LogP contribution in [0.4, 0.5) is 5.69 Å². The molecule has 0 aliphatic rings. The predicted octanol–water partition coefficient (Wildman–Crippen LogP) is 4.69. The van der Waals surface area contributed by atoms with Gasteiger partial charge in [0.2, 0.25) is 11.8 Å². The van der Waals surface area contributed by atoms with Crippen LogP contribution in [0.25, 0.3) is 10.8 Å². The molecule has 27 heavy (non-hydrogen) atoms. The van der Waals surface area contributed by atoms with Gasteiger partial charge in [0.05, 0.1) is 11.4 Å². The molecule has 0 saturated heterocycles. The topological polar surface area (TPSA) is 71.3 Å². The predicted molar refractivity (Wildman–Crippen MR) is 108 cm³/mol. The Balaban J connectivity index is 1.53. The summed E-state index contributed by atoms with van der Waals surface area (Å²) in [6.45, 7) is 4.08. The van der Waals surface area contributed by atoms with E-state index in [0.717, 1.165) is 17.8 Å². The van der Waals surface area contributed by atoms with Crippen LogP contribution < -0.4 is 5.32 Å². The summed E-state index contributed by atoms with van der Waals surface area (Å²) in [5, 5.41) is 13.7. The first-order chi connectivity index (χ1) is 13.1. The molecule has 3 rings (SSSR count). The molecule has 0 aliphatic carbocycles. The van der Waals surface area contributed by atoms with Crippen LogP contribution in [0.2, 0.25) is 5.02 Å². The summed E-state index contributed by atoms with van der Waals surface area (Å²) >= 11 is 7.51. The summed E-state index contributed by atoms with van der Waals surface area (Å²) in [6.07, 6.45) is 1.35. The van der Waals surface area contributed by atoms with Crippen molar-refractivity contribution in [2.75, 3.05) is 18.4 Å². The maximum absolute atomic E-state index is 12.2. The molecule has 1 amide bonds. The van der Waals surface area contributed by atoms with Gasteiger partial charge in [-0.25, -0.2) is 0 Å². The van der Waals surface area contributed by atoms with Gasteiger partial charge in [0.15, 0.2) is 0 Å². The number of carbonyl (C=O) groups excluding carboxylic acids is 1. The fourth-order valence-electron chi connectivity index (χ4n) is 2.64. The maximum atomic E-state index is 12.2. The van der Waals surface area contributed by atoms with E-state index in [9.17, 15) is 4.79 Å². The average molecular weight is 405 g/mol. The van der Waals surface area contributed by atoms with E-state index < -0.39 is 0 Å². The first-order valence-corrected chi connectivity index (χ1v) is 10.0. The summed E-state index contributed by atoms with van der Waals surface area (Å²) in [4.78, 5) is 15.3. The fraction of sp³-hybridized carbons (Fsp3) is 0.316. The standard InChI is InChI=1S/C19H21ClN4O2S/c1-2-9-24(10-8-17(25)21-15-6-3-5-14(20)12-15)13-18-22-23-19(26-18)16-7-4-11-27-16/h3-7,11-12H,2,8-10,13H2,1H3,(H,21,25). The van der Waals surface area contributed by atoms with Gasteiger partial charge in [0.25, 0.3) is 5.89 Å². The van der Waals surface area contributed by atoms with Crippen molar-refractivity contribution in [1.29, 1.82) is 0 Å². The lowest BCUT2D eigenvalue weighted by Crippen LogP contribution is -2.28. The third-order valence-electron chi connectivity index (χ3n) is 3.86. The average Bonchev–Trinajstić information content (AvgIpc) is 3.31. The van der Waals surface area contributed by atoms with Gasteiger partial charge in [-0.05, 0) is 42.6 Å². The third kappa shape index (κ3) is 5.89. The Labute approximate surface area is 167 Å². The number of rotatable bonds is 9. The normalized spacial score (nSPS) is 11.1. The Bertz CT molecular complexity index is 866. The van der Waals surface area contributed by atoms with Crippen molar-refractivity contribution in [1.82, 2.24) is 15.1 Å². The number of benzene rings is 1. The Morgan fingerprint density at radius 3 is 2.89 bits per heavy atom. The van der Waals surface area contributed by atoms with Gasteiger partial charge in [-0.1, -0.05) is 30.7 Å². The third-order valence-corrected chi connectivity index (χ3v) is 4.95. The van der Waals surface area contributed by atoms with Crippen LogP contribution in [0.3, 0.4) is 0 Å². The fourth-order valence-corrected chi connectivity index (χ4v) is 3.48. The Hall–Kier alpha value is -2.22. The molecule has 142 valence electrons. The number of anilines is 1. The second-order valence-electron chi connectivity index (χ2n) is 6.06. The van der Waals surface area contributed by atoms with Crippen molar-refractivity contribution in [2.45, 2.75) is 26.3 Å². The smallest absolute Gasteiger partial charge is 0.257 e. The Kier molecular flexibility index (Phi) is 6.98. The molecule has 8 heteroatoms. The lowest BCUT2D eigenvalue weighted by atomic mass is 10.3. The highest BCUT2D eigenvalue weighted by Gasteiger charge is 2.14. The van der Waals surface area contributed by atoms with Crippen LogP contribution in [0, 0.1) is 0 Å². The second-order valence-corrected chi connectivity index (χ2v) is 7.45. The zero-order valence-corrected chi connectivity index (χ0v) is 16.6. The van der Waals surface area contributed by atoms with Gasteiger partial charge in [-0.2, -0.15) is 0 Å². The highest BCUT2D eigenvalue weighted by molar-refractivity contribution is 7.13. The molecule has 1 N–H and O–H groups in total. The number of nitrogens with zero attached hydrogens (tertiary/aromatic N) is 3. The lowest BCUT2D eigenvalue weighted by molar-refractivity contribution is -0.116. The number of aromatic nitrogens is 2. The quantitative estimate of drug-likeness (QED) is 0.560. The van der Waals surface area contributed by atoms with Crippen molar-refractivity contribution >= 4 is 34.5 Å². The van der Waals surface area contributed by atoms with Gasteiger partial charge in [0.1, 0.15) is 0 Å². The largest absolute Gasteiger partial charge is 0.419 e. The van der Waals surface area contributed by atoms with E-state index in [4.69, 9.17) is 16.0 Å². The monoisotopic (exact) mass is 404 g/mol. The molecule has 2 heterocycles. The number of hydrogen-bond donors (Lipinski definition) is 1. The van der Waals surface area contributed by atoms with E-state index in [0.29, 0.717) is 42.0 Å².